The van der Waals surface area contributed by atoms with Crippen molar-refractivity contribution in [2.75, 3.05) is 0 Å². The van der Waals surface area contributed by atoms with Gasteiger partial charge in [-0.3, -0.25) is 0 Å². The first-order chi connectivity index (χ1) is 24.8. The van der Waals surface area contributed by atoms with Crippen LogP contribution in [-0.2, 0) is 5.41 Å². The van der Waals surface area contributed by atoms with Crippen molar-refractivity contribution in [2.45, 2.75) is 33.8 Å². The molecule has 3 unspecified atom stereocenters. The fraction of sp³-hybridized carbons (Fsp3) is 0.109. The Morgan fingerprint density at radius 3 is 1.78 bits per heavy atom. The lowest BCUT2D eigenvalue weighted by Crippen LogP contribution is -2.34. The molecule has 1 aromatic heterocycles. The molecule has 0 saturated carbocycles. The van der Waals surface area contributed by atoms with Crippen LogP contribution in [0.3, 0.4) is 0 Å². The van der Waals surface area contributed by atoms with E-state index in [9.17, 15) is 0 Å². The third-order valence-corrected chi connectivity index (χ3v) is 11.5. The van der Waals surface area contributed by atoms with Gasteiger partial charge in [0.1, 0.15) is 5.82 Å². The summed E-state index contributed by atoms with van der Waals surface area (Å²) in [6, 6.07) is 52.1. The van der Waals surface area contributed by atoms with Crippen molar-refractivity contribution in [3.8, 4) is 11.4 Å². The highest BCUT2D eigenvalue weighted by molar-refractivity contribution is 8.00. The van der Waals surface area contributed by atoms with Crippen LogP contribution in [0.2, 0.25) is 0 Å². The van der Waals surface area contributed by atoms with Crippen molar-refractivity contribution < 1.29 is 0 Å². The third-order valence-electron chi connectivity index (χ3n) is 10.1. The Hall–Kier alpha value is -5.58. The van der Waals surface area contributed by atoms with Crippen LogP contribution in [0.5, 0.6) is 0 Å². The smallest absolute Gasteiger partial charge is 0.163 e. The molecule has 0 radical (unpaired) electrons. The molecule has 2 aliphatic carbocycles. The van der Waals surface area contributed by atoms with Crippen LogP contribution in [-0.4, -0.2) is 20.2 Å². The fourth-order valence-corrected chi connectivity index (χ4v) is 9.30. The van der Waals surface area contributed by atoms with Gasteiger partial charge in [-0.1, -0.05) is 176 Å². The first-order valence-corrected chi connectivity index (χ1v) is 18.2. The van der Waals surface area contributed by atoms with Crippen molar-refractivity contribution in [3.05, 3.63) is 222 Å². The zero-order chi connectivity index (χ0) is 33.3. The van der Waals surface area contributed by atoms with Crippen molar-refractivity contribution >= 4 is 17.3 Å². The van der Waals surface area contributed by atoms with Crippen LogP contribution < -0.4 is 0 Å². The Kier molecular flexibility index (Phi) is 7.95. The number of hydrogen-bond donors (Lipinski definition) is 0. The Morgan fingerprint density at radius 1 is 0.580 bits per heavy atom. The lowest BCUT2D eigenvalue weighted by molar-refractivity contribution is 0.720. The van der Waals surface area contributed by atoms with Crippen LogP contribution in [0.15, 0.2) is 193 Å². The summed E-state index contributed by atoms with van der Waals surface area (Å²) in [5.74, 6) is 2.45. The minimum atomic E-state index is -0.579. The SMILES string of the molecule is C1=CCC(c2nc(C3=CC(C(c4ccccc4)(c4ccccc4)c4ccccc4)=CC4Sc5ccccc5C34)nc(-c3ccccc3)n2)C=C1. The zero-order valence-electron chi connectivity index (χ0n) is 27.5. The van der Waals surface area contributed by atoms with Crippen molar-refractivity contribution in [1.82, 2.24) is 15.0 Å². The van der Waals surface area contributed by atoms with Crippen LogP contribution in [0.1, 0.15) is 52.2 Å². The second-order valence-corrected chi connectivity index (χ2v) is 14.2. The van der Waals surface area contributed by atoms with Crippen LogP contribution >= 0.6 is 11.8 Å². The molecule has 0 saturated heterocycles. The third kappa shape index (κ3) is 5.28. The van der Waals surface area contributed by atoms with Gasteiger partial charge in [-0.2, -0.15) is 0 Å². The highest BCUT2D eigenvalue weighted by atomic mass is 32.2. The summed E-state index contributed by atoms with van der Waals surface area (Å²) in [6.45, 7) is 0. The van der Waals surface area contributed by atoms with Crippen molar-refractivity contribution in [2.24, 2.45) is 0 Å². The van der Waals surface area contributed by atoms with Crippen LogP contribution in [0.4, 0.5) is 0 Å². The summed E-state index contributed by atoms with van der Waals surface area (Å²) >= 11 is 1.95. The number of nitrogens with zero attached hydrogens (tertiary/aromatic N) is 3. The topological polar surface area (TPSA) is 38.7 Å². The van der Waals surface area contributed by atoms with Gasteiger partial charge < -0.3 is 0 Å². The zero-order valence-corrected chi connectivity index (χ0v) is 28.3. The van der Waals surface area contributed by atoms with Crippen LogP contribution in [0, 0.1) is 0 Å². The normalized spacial score (nSPS) is 19.3. The van der Waals surface area contributed by atoms with E-state index in [0.717, 1.165) is 29.2 Å². The van der Waals surface area contributed by atoms with Crippen molar-refractivity contribution in [3.63, 3.8) is 0 Å². The summed E-state index contributed by atoms with van der Waals surface area (Å²) in [5.41, 5.74) is 7.76. The van der Waals surface area contributed by atoms with E-state index in [1.807, 2.05) is 17.8 Å². The van der Waals surface area contributed by atoms with Gasteiger partial charge in [-0.25, -0.2) is 15.0 Å². The highest BCUT2D eigenvalue weighted by Gasteiger charge is 2.45. The average Bonchev–Trinajstić information content (AvgIpc) is 3.58. The molecule has 3 aliphatic rings. The van der Waals surface area contributed by atoms with E-state index in [1.165, 1.54) is 32.7 Å². The van der Waals surface area contributed by atoms with E-state index < -0.39 is 5.41 Å². The minimum absolute atomic E-state index is 0.0847. The lowest BCUT2D eigenvalue weighted by Gasteiger charge is -2.40. The summed E-state index contributed by atoms with van der Waals surface area (Å²) in [4.78, 5) is 17.1. The van der Waals surface area contributed by atoms with Gasteiger partial charge >= 0.3 is 0 Å². The molecule has 0 amide bonds. The molecule has 9 rings (SSSR count). The standard InChI is InChI=1S/C46H35N3S/c1-6-18-32(19-7-1)43-47-44(33-20-8-2-9-21-33)49-45(48-43)39-30-37(31-41-42(39)38-28-16-17-29-40(38)50-41)46(34-22-10-3-11-23-34,35-24-12-4-13-25-35)36-26-14-5-15-27-36/h1-20,22-31,33,41-42H,21H2. The summed E-state index contributed by atoms with van der Waals surface area (Å²) in [6.07, 6.45) is 14.4. The molecule has 3 atom stereocenters. The second kappa shape index (κ2) is 13.0. The molecule has 4 heteroatoms. The first-order valence-electron chi connectivity index (χ1n) is 17.3. The van der Waals surface area contributed by atoms with Gasteiger partial charge in [0.05, 0.1) is 5.41 Å². The van der Waals surface area contributed by atoms with E-state index >= 15 is 0 Å². The predicted molar refractivity (Wildman–Crippen MR) is 205 cm³/mol. The van der Waals surface area contributed by atoms with Crippen molar-refractivity contribution in [1.29, 1.82) is 0 Å². The molecular weight excluding hydrogens is 627 g/mol. The molecular formula is C46H35N3S. The van der Waals surface area contributed by atoms with Gasteiger partial charge in [-0.15, -0.1) is 11.8 Å². The van der Waals surface area contributed by atoms with Gasteiger partial charge in [0, 0.05) is 33.1 Å². The number of fused-ring (bicyclic) bond motifs is 3. The van der Waals surface area contributed by atoms with Gasteiger partial charge in [0.15, 0.2) is 11.6 Å². The minimum Gasteiger partial charge on any atom is -0.213 e. The molecule has 50 heavy (non-hydrogen) atoms. The largest absolute Gasteiger partial charge is 0.213 e. The maximum atomic E-state index is 5.36. The first kappa shape index (κ1) is 30.5. The molecule has 0 spiro atoms. The predicted octanol–water partition coefficient (Wildman–Crippen LogP) is 10.8. The molecule has 5 aromatic carbocycles. The Balaban J connectivity index is 1.33. The monoisotopic (exact) mass is 661 g/mol. The number of rotatable bonds is 7. The molecule has 0 fully saturated rings. The van der Waals surface area contributed by atoms with Crippen LogP contribution in [0.25, 0.3) is 17.0 Å². The maximum absolute atomic E-state index is 5.36. The molecule has 0 N–H and O–H groups in total. The lowest BCUT2D eigenvalue weighted by atomic mass is 9.62. The Bertz CT molecular complexity index is 2180. The number of benzene rings is 5. The molecule has 0 bridgehead atoms. The molecule has 3 nitrogen and oxygen atoms in total. The number of hydrogen-bond acceptors (Lipinski definition) is 4. The summed E-state index contributed by atoms with van der Waals surface area (Å²) in [7, 11) is 0. The average molecular weight is 662 g/mol. The molecule has 6 aromatic rings. The van der Waals surface area contributed by atoms with E-state index in [-0.39, 0.29) is 17.1 Å². The summed E-state index contributed by atoms with van der Waals surface area (Å²) < 4.78 is 0. The second-order valence-electron chi connectivity index (χ2n) is 13.0. The quantitative estimate of drug-likeness (QED) is 0.160. The molecule has 240 valence electrons. The summed E-state index contributed by atoms with van der Waals surface area (Å²) in [5, 5.41) is 0.163. The maximum Gasteiger partial charge on any atom is 0.163 e. The van der Waals surface area contributed by atoms with E-state index in [1.54, 1.807) is 0 Å². The molecule has 1 aliphatic heterocycles. The number of allylic oxidation sites excluding steroid dienone is 7. The van der Waals surface area contributed by atoms with Gasteiger partial charge in [0.2, 0.25) is 0 Å². The van der Waals surface area contributed by atoms with Gasteiger partial charge in [-0.05, 0) is 40.3 Å². The fourth-order valence-electron chi connectivity index (χ4n) is 7.87. The Labute approximate surface area is 297 Å². The number of aromatic nitrogens is 3. The number of thioether (sulfide) groups is 1. The van der Waals surface area contributed by atoms with E-state index in [2.05, 4.69) is 176 Å². The van der Waals surface area contributed by atoms with E-state index in [0.29, 0.717) is 5.82 Å². The van der Waals surface area contributed by atoms with Gasteiger partial charge in [0.25, 0.3) is 0 Å². The Morgan fingerprint density at radius 2 is 1.16 bits per heavy atom. The van der Waals surface area contributed by atoms with E-state index in [4.69, 9.17) is 15.0 Å². The highest BCUT2D eigenvalue weighted by Crippen LogP contribution is 2.57. The molecule has 2 heterocycles.